The maximum Gasteiger partial charge on any atom is 0.264 e. The van der Waals surface area contributed by atoms with Gasteiger partial charge in [-0.25, -0.2) is 8.42 Å². The van der Waals surface area contributed by atoms with Crippen molar-refractivity contribution in [2.75, 3.05) is 17.4 Å². The lowest BCUT2D eigenvalue weighted by molar-refractivity contribution is -0.139. The van der Waals surface area contributed by atoms with Crippen LogP contribution in [0.2, 0.25) is 0 Å². The molecule has 3 aromatic carbocycles. The van der Waals surface area contributed by atoms with Crippen LogP contribution in [-0.4, -0.2) is 44.3 Å². The molecule has 0 aliphatic carbocycles. The van der Waals surface area contributed by atoms with Crippen LogP contribution in [-0.2, 0) is 32.6 Å². The average Bonchev–Trinajstić information content (AvgIpc) is 2.93. The highest BCUT2D eigenvalue weighted by molar-refractivity contribution is 7.92. The number of sulfonamides is 1. The Morgan fingerprint density at radius 2 is 1.43 bits per heavy atom. The molecule has 0 heterocycles. The van der Waals surface area contributed by atoms with Crippen molar-refractivity contribution in [3.05, 3.63) is 96.1 Å². The number of carbonyl (C=O) groups is 2. The smallest absolute Gasteiger partial charge is 0.264 e. The summed E-state index contributed by atoms with van der Waals surface area (Å²) in [5.41, 5.74) is 2.28. The molecule has 7 nitrogen and oxygen atoms in total. The molecule has 0 aromatic heterocycles. The summed E-state index contributed by atoms with van der Waals surface area (Å²) < 4.78 is 28.6. The lowest BCUT2D eigenvalue weighted by Crippen LogP contribution is -2.51. The molecule has 3 rings (SSSR count). The van der Waals surface area contributed by atoms with Crippen LogP contribution >= 0.6 is 0 Å². The number of carbonyl (C=O) groups excluding carboxylic acids is 2. The molecule has 0 fully saturated rings. The molecule has 2 amide bonds. The van der Waals surface area contributed by atoms with Gasteiger partial charge in [0.05, 0.1) is 10.6 Å². The van der Waals surface area contributed by atoms with Crippen molar-refractivity contribution in [3.8, 4) is 0 Å². The summed E-state index contributed by atoms with van der Waals surface area (Å²) in [5.74, 6) is -0.752. The fourth-order valence-corrected chi connectivity index (χ4v) is 5.34. The van der Waals surface area contributed by atoms with E-state index in [1.165, 1.54) is 17.0 Å². The molecule has 0 bridgehead atoms. The van der Waals surface area contributed by atoms with Crippen molar-refractivity contribution in [2.45, 2.75) is 51.1 Å². The van der Waals surface area contributed by atoms with E-state index in [0.29, 0.717) is 12.2 Å². The fourth-order valence-electron chi connectivity index (χ4n) is 3.90. The maximum atomic E-state index is 13.8. The minimum absolute atomic E-state index is 0.0886. The zero-order chi connectivity index (χ0) is 26.8. The van der Waals surface area contributed by atoms with E-state index < -0.39 is 28.5 Å². The lowest BCUT2D eigenvalue weighted by atomic mass is 10.1. The Balaban J connectivity index is 1.99. The third-order valence-electron chi connectivity index (χ3n) is 6.15. The van der Waals surface area contributed by atoms with Gasteiger partial charge in [0.15, 0.2) is 0 Å². The van der Waals surface area contributed by atoms with Gasteiger partial charge >= 0.3 is 0 Å². The lowest BCUT2D eigenvalue weighted by Gasteiger charge is -2.32. The number of anilines is 1. The first-order valence-electron chi connectivity index (χ1n) is 12.6. The van der Waals surface area contributed by atoms with Crippen molar-refractivity contribution >= 4 is 27.5 Å². The van der Waals surface area contributed by atoms with Crippen LogP contribution in [0.25, 0.3) is 0 Å². The number of aryl methyl sites for hydroxylation is 1. The van der Waals surface area contributed by atoms with Gasteiger partial charge in [0, 0.05) is 13.1 Å². The molecular formula is C29H35N3O4S. The first-order chi connectivity index (χ1) is 17.8. The van der Waals surface area contributed by atoms with E-state index in [-0.39, 0.29) is 17.3 Å². The standard InChI is InChI=1S/C29H35N3O4S/c1-4-20-30-29(34)23(3)31(21-25-12-8-6-9-13-25)28(33)22-32(26-18-16-24(5-2)17-19-26)37(35,36)27-14-10-7-11-15-27/h6-19,23H,4-5,20-22H2,1-3H3,(H,30,34). The molecule has 0 saturated carbocycles. The summed E-state index contributed by atoms with van der Waals surface area (Å²) in [7, 11) is -4.05. The minimum atomic E-state index is -4.05. The van der Waals surface area contributed by atoms with Crippen molar-refractivity contribution < 1.29 is 18.0 Å². The van der Waals surface area contributed by atoms with Gasteiger partial charge in [-0.3, -0.25) is 13.9 Å². The van der Waals surface area contributed by atoms with E-state index >= 15 is 0 Å². The van der Waals surface area contributed by atoms with Gasteiger partial charge in [0.1, 0.15) is 12.6 Å². The molecule has 196 valence electrons. The van der Waals surface area contributed by atoms with Crippen molar-refractivity contribution in [2.24, 2.45) is 0 Å². The monoisotopic (exact) mass is 521 g/mol. The predicted octanol–water partition coefficient (Wildman–Crippen LogP) is 4.39. The average molecular weight is 522 g/mol. The molecule has 3 aromatic rings. The Morgan fingerprint density at radius 1 is 0.838 bits per heavy atom. The quantitative estimate of drug-likeness (QED) is 0.383. The van der Waals surface area contributed by atoms with Gasteiger partial charge < -0.3 is 10.2 Å². The number of amides is 2. The summed E-state index contributed by atoms with van der Waals surface area (Å²) in [5, 5.41) is 2.84. The van der Waals surface area contributed by atoms with Gasteiger partial charge in [-0.2, -0.15) is 0 Å². The Kier molecular flexibility index (Phi) is 9.85. The first-order valence-corrected chi connectivity index (χ1v) is 14.0. The van der Waals surface area contributed by atoms with E-state index in [4.69, 9.17) is 0 Å². The van der Waals surface area contributed by atoms with Crippen molar-refractivity contribution in [1.82, 2.24) is 10.2 Å². The molecule has 0 aliphatic rings. The van der Waals surface area contributed by atoms with Gasteiger partial charge in [0.2, 0.25) is 11.8 Å². The van der Waals surface area contributed by atoms with Gasteiger partial charge in [-0.05, 0) is 55.2 Å². The third kappa shape index (κ3) is 7.20. The minimum Gasteiger partial charge on any atom is -0.354 e. The molecule has 0 spiro atoms. The molecule has 1 atom stereocenters. The van der Waals surface area contributed by atoms with E-state index in [9.17, 15) is 18.0 Å². The van der Waals surface area contributed by atoms with Gasteiger partial charge in [-0.15, -0.1) is 0 Å². The second-order valence-electron chi connectivity index (χ2n) is 8.82. The molecule has 0 radical (unpaired) electrons. The number of nitrogens with zero attached hydrogens (tertiary/aromatic N) is 2. The highest BCUT2D eigenvalue weighted by Crippen LogP contribution is 2.25. The first kappa shape index (κ1) is 27.9. The van der Waals surface area contributed by atoms with Crippen LogP contribution in [0.4, 0.5) is 5.69 Å². The van der Waals surface area contributed by atoms with Gasteiger partial charge in [-0.1, -0.05) is 74.5 Å². The molecule has 1 N–H and O–H groups in total. The van der Waals surface area contributed by atoms with Crippen LogP contribution in [0.15, 0.2) is 89.8 Å². The van der Waals surface area contributed by atoms with Crippen LogP contribution in [0.1, 0.15) is 38.3 Å². The summed E-state index contributed by atoms with van der Waals surface area (Å²) in [6, 6.07) is 23.8. The normalized spacial score (nSPS) is 12.0. The van der Waals surface area contributed by atoms with Crippen LogP contribution in [0.3, 0.4) is 0 Å². The van der Waals surface area contributed by atoms with Crippen LogP contribution < -0.4 is 9.62 Å². The second kappa shape index (κ2) is 13.1. The van der Waals surface area contributed by atoms with E-state index in [1.54, 1.807) is 37.3 Å². The van der Waals surface area contributed by atoms with E-state index in [2.05, 4.69) is 5.32 Å². The molecule has 37 heavy (non-hydrogen) atoms. The Bertz CT molecular complexity index is 1260. The number of hydrogen-bond donors (Lipinski definition) is 1. The summed E-state index contributed by atoms with van der Waals surface area (Å²) in [4.78, 5) is 28.2. The maximum absolute atomic E-state index is 13.8. The van der Waals surface area contributed by atoms with Crippen molar-refractivity contribution in [1.29, 1.82) is 0 Å². The summed E-state index contributed by atoms with van der Waals surface area (Å²) in [6.45, 7) is 5.86. The number of benzene rings is 3. The van der Waals surface area contributed by atoms with E-state index in [1.807, 2.05) is 56.3 Å². The van der Waals surface area contributed by atoms with E-state index in [0.717, 1.165) is 28.3 Å². The molecular weight excluding hydrogens is 486 g/mol. The predicted molar refractivity (Wildman–Crippen MR) is 147 cm³/mol. The van der Waals surface area contributed by atoms with Crippen LogP contribution in [0, 0.1) is 0 Å². The van der Waals surface area contributed by atoms with Crippen molar-refractivity contribution in [3.63, 3.8) is 0 Å². The highest BCUT2D eigenvalue weighted by atomic mass is 32.2. The number of hydrogen-bond acceptors (Lipinski definition) is 4. The van der Waals surface area contributed by atoms with Crippen LogP contribution in [0.5, 0.6) is 0 Å². The molecule has 8 heteroatoms. The summed E-state index contributed by atoms with van der Waals surface area (Å²) >= 11 is 0. The highest BCUT2D eigenvalue weighted by Gasteiger charge is 2.32. The fraction of sp³-hybridized carbons (Fsp3) is 0.310. The Hall–Kier alpha value is -3.65. The Labute approximate surface area is 220 Å². The largest absolute Gasteiger partial charge is 0.354 e. The second-order valence-corrected chi connectivity index (χ2v) is 10.7. The zero-order valence-electron chi connectivity index (χ0n) is 21.6. The SMILES string of the molecule is CCCNC(=O)C(C)N(Cc1ccccc1)C(=O)CN(c1ccc(CC)cc1)S(=O)(=O)c1ccccc1. The molecule has 0 aliphatic heterocycles. The topological polar surface area (TPSA) is 86.8 Å². The zero-order valence-corrected chi connectivity index (χ0v) is 22.4. The third-order valence-corrected chi connectivity index (χ3v) is 7.94. The molecule has 1 unspecified atom stereocenters. The number of nitrogens with one attached hydrogen (secondary N) is 1. The number of rotatable bonds is 12. The molecule has 0 saturated heterocycles. The van der Waals surface area contributed by atoms with Gasteiger partial charge in [0.25, 0.3) is 10.0 Å². The Morgan fingerprint density at radius 3 is 2.00 bits per heavy atom. The summed E-state index contributed by atoms with van der Waals surface area (Å²) in [6.07, 6.45) is 1.57.